The molecule has 3 heterocycles. The average Bonchev–Trinajstić information content (AvgIpc) is 2.97. The molecule has 1 fully saturated rings. The number of pyridine rings is 1. The van der Waals surface area contributed by atoms with E-state index in [0.29, 0.717) is 30.3 Å². The third kappa shape index (κ3) is 3.58. The third-order valence-corrected chi connectivity index (χ3v) is 4.78. The van der Waals surface area contributed by atoms with Crippen LogP contribution in [0.3, 0.4) is 0 Å². The molecule has 7 heteroatoms. The Hall–Kier alpha value is -3.27. The molecule has 0 aliphatic carbocycles. The summed E-state index contributed by atoms with van der Waals surface area (Å²) in [5.41, 5.74) is 1.22. The molecule has 1 amide bonds. The summed E-state index contributed by atoms with van der Waals surface area (Å²) in [4.78, 5) is 18.1. The summed E-state index contributed by atoms with van der Waals surface area (Å²) in [5.74, 6) is 1.51. The quantitative estimate of drug-likeness (QED) is 0.793. The summed E-state index contributed by atoms with van der Waals surface area (Å²) < 4.78 is 17.4. The third-order valence-electron chi connectivity index (χ3n) is 4.78. The summed E-state index contributed by atoms with van der Waals surface area (Å²) in [7, 11) is 0. The lowest BCUT2D eigenvalue weighted by molar-refractivity contribution is -0.142. The molecule has 0 N–H and O–H groups in total. The number of hydrogen-bond donors (Lipinski definition) is 0. The fraction of sp³-hybridized carbons (Fsp3) is 0.381. The monoisotopic (exact) mass is 379 g/mol. The molecule has 0 saturated carbocycles. The normalized spacial score (nSPS) is 17.1. The molecule has 2 aliphatic heterocycles. The molecular weight excluding hydrogens is 358 g/mol. The van der Waals surface area contributed by atoms with Crippen LogP contribution >= 0.6 is 0 Å². The Labute approximate surface area is 163 Å². The Bertz CT molecular complexity index is 945. The Morgan fingerprint density at radius 2 is 2.18 bits per heavy atom. The lowest BCUT2D eigenvalue weighted by atomic mass is 10.0. The second-order valence-corrected chi connectivity index (χ2v) is 7.58. The van der Waals surface area contributed by atoms with Gasteiger partial charge in [0.2, 0.25) is 5.88 Å². The minimum Gasteiger partial charge on any atom is -0.483 e. The van der Waals surface area contributed by atoms with E-state index >= 15 is 0 Å². The number of para-hydroxylation sites is 1. The van der Waals surface area contributed by atoms with E-state index in [0.717, 1.165) is 17.7 Å². The molecule has 2 aromatic rings. The molecule has 144 valence electrons. The fourth-order valence-electron chi connectivity index (χ4n) is 3.38. The highest BCUT2D eigenvalue weighted by Gasteiger charge is 2.35. The van der Waals surface area contributed by atoms with Crippen LogP contribution in [0.2, 0.25) is 0 Å². The van der Waals surface area contributed by atoms with Crippen molar-refractivity contribution in [1.29, 1.82) is 5.26 Å². The molecule has 0 radical (unpaired) electrons. The lowest BCUT2D eigenvalue weighted by Gasteiger charge is -2.38. The van der Waals surface area contributed by atoms with Crippen LogP contribution < -0.4 is 14.2 Å². The van der Waals surface area contributed by atoms with Crippen molar-refractivity contribution < 1.29 is 19.0 Å². The Morgan fingerprint density at radius 3 is 2.96 bits per heavy atom. The number of fused-ring (bicyclic) bond motifs is 1. The highest BCUT2D eigenvalue weighted by atomic mass is 16.5. The molecule has 0 atom stereocenters. The van der Waals surface area contributed by atoms with Gasteiger partial charge in [0.05, 0.1) is 13.1 Å². The first-order valence-electron chi connectivity index (χ1n) is 9.18. The number of nitrogens with zero attached hydrogens (tertiary/aromatic N) is 3. The summed E-state index contributed by atoms with van der Waals surface area (Å²) in [6, 6.07) is 11.1. The second kappa shape index (κ2) is 7.04. The van der Waals surface area contributed by atoms with Gasteiger partial charge in [-0.2, -0.15) is 5.26 Å². The van der Waals surface area contributed by atoms with Crippen molar-refractivity contribution in [2.75, 3.05) is 19.7 Å². The molecule has 4 rings (SSSR count). The number of hydrogen-bond acceptors (Lipinski definition) is 6. The molecule has 7 nitrogen and oxygen atoms in total. The van der Waals surface area contributed by atoms with Crippen LogP contribution in [0.4, 0.5) is 0 Å². The van der Waals surface area contributed by atoms with Gasteiger partial charge in [-0.1, -0.05) is 12.1 Å². The number of ether oxygens (including phenoxy) is 3. The standard InChI is InChI=1S/C21H21N3O4/c1-21(2)9-14-5-3-7-17(19(14)28-21)26-13-18(25)24-11-16(12-24)27-20-15(10-22)6-4-8-23-20/h3-8,16H,9,11-13H2,1-2H3. The summed E-state index contributed by atoms with van der Waals surface area (Å²) in [5, 5.41) is 9.08. The van der Waals surface area contributed by atoms with E-state index in [1.54, 1.807) is 23.2 Å². The lowest BCUT2D eigenvalue weighted by Crippen LogP contribution is -2.57. The van der Waals surface area contributed by atoms with Gasteiger partial charge >= 0.3 is 0 Å². The van der Waals surface area contributed by atoms with E-state index in [4.69, 9.17) is 19.5 Å². The average molecular weight is 379 g/mol. The van der Waals surface area contributed by atoms with Crippen molar-refractivity contribution >= 4 is 5.91 Å². The van der Waals surface area contributed by atoms with E-state index in [2.05, 4.69) is 4.98 Å². The Kier molecular flexibility index (Phi) is 4.55. The van der Waals surface area contributed by atoms with Crippen LogP contribution in [0.1, 0.15) is 25.0 Å². The van der Waals surface area contributed by atoms with Crippen molar-refractivity contribution in [3.63, 3.8) is 0 Å². The molecule has 1 aromatic carbocycles. The fourth-order valence-corrected chi connectivity index (χ4v) is 3.38. The largest absolute Gasteiger partial charge is 0.483 e. The van der Waals surface area contributed by atoms with Gasteiger partial charge < -0.3 is 19.1 Å². The first kappa shape index (κ1) is 18.1. The second-order valence-electron chi connectivity index (χ2n) is 7.58. The SMILES string of the molecule is CC1(C)Cc2cccc(OCC(=O)N3CC(Oc4ncccc4C#N)C3)c2O1. The summed E-state index contributed by atoms with van der Waals surface area (Å²) >= 11 is 0. The van der Waals surface area contributed by atoms with Crippen LogP contribution in [0.25, 0.3) is 0 Å². The van der Waals surface area contributed by atoms with Crippen LogP contribution in [0.15, 0.2) is 36.5 Å². The molecule has 1 aromatic heterocycles. The number of nitriles is 1. The maximum absolute atomic E-state index is 12.4. The van der Waals surface area contributed by atoms with E-state index in [9.17, 15) is 4.79 Å². The minimum atomic E-state index is -0.262. The number of aromatic nitrogens is 1. The van der Waals surface area contributed by atoms with Crippen molar-refractivity contribution in [2.24, 2.45) is 0 Å². The number of benzene rings is 1. The van der Waals surface area contributed by atoms with Gasteiger partial charge in [-0.05, 0) is 32.0 Å². The number of carbonyl (C=O) groups is 1. The molecule has 0 unspecified atom stereocenters. The number of likely N-dealkylation sites (tertiary alicyclic amines) is 1. The van der Waals surface area contributed by atoms with Crippen LogP contribution in [-0.2, 0) is 11.2 Å². The van der Waals surface area contributed by atoms with Gasteiger partial charge in [0, 0.05) is 18.2 Å². The zero-order valence-electron chi connectivity index (χ0n) is 15.8. The molecule has 0 bridgehead atoms. The maximum Gasteiger partial charge on any atom is 0.260 e. The molecule has 2 aliphatic rings. The van der Waals surface area contributed by atoms with Crippen molar-refractivity contribution in [2.45, 2.75) is 32.0 Å². The van der Waals surface area contributed by atoms with Gasteiger partial charge in [0.15, 0.2) is 18.1 Å². The smallest absolute Gasteiger partial charge is 0.260 e. The predicted molar refractivity (Wildman–Crippen MR) is 100 cm³/mol. The van der Waals surface area contributed by atoms with Gasteiger partial charge in [0.25, 0.3) is 5.91 Å². The number of carbonyl (C=O) groups excluding carboxylic acids is 1. The molecule has 0 spiro atoms. The number of rotatable bonds is 5. The first-order chi connectivity index (χ1) is 13.4. The van der Waals surface area contributed by atoms with Crippen LogP contribution in [-0.4, -0.2) is 47.2 Å². The van der Waals surface area contributed by atoms with Gasteiger partial charge in [-0.25, -0.2) is 4.98 Å². The first-order valence-corrected chi connectivity index (χ1v) is 9.18. The van der Waals surface area contributed by atoms with E-state index < -0.39 is 0 Å². The highest BCUT2D eigenvalue weighted by molar-refractivity contribution is 5.78. The van der Waals surface area contributed by atoms with Crippen molar-refractivity contribution in [3.05, 3.63) is 47.7 Å². The van der Waals surface area contributed by atoms with Gasteiger partial charge in [-0.3, -0.25) is 4.79 Å². The van der Waals surface area contributed by atoms with Crippen molar-refractivity contribution in [3.8, 4) is 23.4 Å². The Balaban J connectivity index is 1.29. The van der Waals surface area contributed by atoms with Crippen LogP contribution in [0, 0.1) is 11.3 Å². The van der Waals surface area contributed by atoms with E-state index in [1.165, 1.54) is 0 Å². The van der Waals surface area contributed by atoms with E-state index in [1.807, 2.05) is 38.1 Å². The Morgan fingerprint density at radius 1 is 1.36 bits per heavy atom. The van der Waals surface area contributed by atoms with Crippen molar-refractivity contribution in [1.82, 2.24) is 9.88 Å². The van der Waals surface area contributed by atoms with Gasteiger partial charge in [0.1, 0.15) is 23.3 Å². The number of amides is 1. The topological polar surface area (TPSA) is 84.7 Å². The van der Waals surface area contributed by atoms with Crippen LogP contribution in [0.5, 0.6) is 17.4 Å². The van der Waals surface area contributed by atoms with Gasteiger partial charge in [-0.15, -0.1) is 0 Å². The minimum absolute atomic E-state index is 0.0556. The highest BCUT2D eigenvalue weighted by Crippen LogP contribution is 2.41. The maximum atomic E-state index is 12.4. The predicted octanol–water partition coefficient (Wildman–Crippen LogP) is 2.34. The zero-order chi connectivity index (χ0) is 19.7. The molecule has 1 saturated heterocycles. The summed E-state index contributed by atoms with van der Waals surface area (Å²) in [6.45, 7) is 4.89. The zero-order valence-corrected chi connectivity index (χ0v) is 15.8. The molecule has 28 heavy (non-hydrogen) atoms. The summed E-state index contributed by atoms with van der Waals surface area (Å²) in [6.07, 6.45) is 2.22. The van der Waals surface area contributed by atoms with E-state index in [-0.39, 0.29) is 24.2 Å². The molecular formula is C21H21N3O4.